The number of nitrogens with two attached hydrogens (primary N) is 1. The minimum atomic E-state index is -2.96. The summed E-state index contributed by atoms with van der Waals surface area (Å²) in [6, 6.07) is 5.46. The van der Waals surface area contributed by atoms with Crippen molar-refractivity contribution in [3.8, 4) is 11.5 Å². The van der Waals surface area contributed by atoms with Gasteiger partial charge in [-0.3, -0.25) is 0 Å². The molecule has 1 unspecified atom stereocenters. The number of rotatable bonds is 2. The van der Waals surface area contributed by atoms with E-state index in [2.05, 4.69) is 10.1 Å². The highest BCUT2D eigenvalue weighted by Gasteiger charge is 2.32. The molecule has 2 heterocycles. The van der Waals surface area contributed by atoms with Crippen LogP contribution in [-0.2, 0) is 9.84 Å². The number of nitrogens with zero attached hydrogens (tertiary/aromatic N) is 2. The van der Waals surface area contributed by atoms with Crippen LogP contribution < -0.4 is 5.73 Å². The zero-order valence-corrected chi connectivity index (χ0v) is 11.9. The third-order valence-corrected chi connectivity index (χ3v) is 5.30. The van der Waals surface area contributed by atoms with Crippen LogP contribution in [0.3, 0.4) is 0 Å². The number of benzene rings is 1. The summed E-state index contributed by atoms with van der Waals surface area (Å²) in [5.41, 5.74) is 8.14. The molecule has 2 aromatic rings. The highest BCUT2D eigenvalue weighted by Crippen LogP contribution is 2.30. The summed E-state index contributed by atoms with van der Waals surface area (Å²) in [6.07, 6.45) is 0.553. The van der Waals surface area contributed by atoms with Crippen molar-refractivity contribution in [3.63, 3.8) is 0 Å². The molecule has 1 fully saturated rings. The molecule has 0 saturated carbocycles. The third kappa shape index (κ3) is 2.40. The Morgan fingerprint density at radius 1 is 1.40 bits per heavy atom. The number of hydrogen-bond donors (Lipinski definition) is 1. The lowest BCUT2D eigenvalue weighted by Crippen LogP contribution is -2.05. The van der Waals surface area contributed by atoms with Gasteiger partial charge in [0.25, 0.3) is 5.89 Å². The molecule has 6 nitrogen and oxygen atoms in total. The van der Waals surface area contributed by atoms with Crippen LogP contribution in [0, 0.1) is 6.92 Å². The van der Waals surface area contributed by atoms with Crippen LogP contribution in [0.25, 0.3) is 11.5 Å². The first-order valence-corrected chi connectivity index (χ1v) is 8.17. The number of sulfone groups is 1. The van der Waals surface area contributed by atoms with Gasteiger partial charge in [-0.25, -0.2) is 8.42 Å². The standard InChI is InChI=1S/C13H15N3O3S/c1-8-2-3-10(14)6-11(8)13-15-12(16-19-13)9-4-5-20(17,18)7-9/h2-3,6,9H,4-5,7,14H2,1H3. The fourth-order valence-electron chi connectivity index (χ4n) is 2.38. The lowest BCUT2D eigenvalue weighted by atomic mass is 10.1. The lowest BCUT2D eigenvalue weighted by Gasteiger charge is -2.01. The van der Waals surface area contributed by atoms with E-state index >= 15 is 0 Å². The van der Waals surface area contributed by atoms with Gasteiger partial charge in [-0.15, -0.1) is 0 Å². The predicted molar refractivity (Wildman–Crippen MR) is 74.9 cm³/mol. The second kappa shape index (κ2) is 4.59. The summed E-state index contributed by atoms with van der Waals surface area (Å²) >= 11 is 0. The van der Waals surface area contributed by atoms with Crippen molar-refractivity contribution in [3.05, 3.63) is 29.6 Å². The molecule has 0 bridgehead atoms. The number of nitrogen functional groups attached to an aromatic ring is 1. The molecule has 1 aliphatic heterocycles. The van der Waals surface area contributed by atoms with Crippen molar-refractivity contribution in [1.29, 1.82) is 0 Å². The van der Waals surface area contributed by atoms with Gasteiger partial charge in [-0.2, -0.15) is 4.98 Å². The van der Waals surface area contributed by atoms with Crippen LogP contribution in [0.1, 0.15) is 23.7 Å². The van der Waals surface area contributed by atoms with Gasteiger partial charge in [0.2, 0.25) is 0 Å². The monoisotopic (exact) mass is 293 g/mol. The minimum Gasteiger partial charge on any atom is -0.399 e. The van der Waals surface area contributed by atoms with E-state index in [0.29, 0.717) is 23.8 Å². The van der Waals surface area contributed by atoms with Crippen LogP contribution in [0.2, 0.25) is 0 Å². The molecule has 0 spiro atoms. The van der Waals surface area contributed by atoms with Crippen LogP contribution in [0.15, 0.2) is 22.7 Å². The van der Waals surface area contributed by atoms with Crippen LogP contribution >= 0.6 is 0 Å². The first-order valence-electron chi connectivity index (χ1n) is 6.35. The Morgan fingerprint density at radius 2 is 2.20 bits per heavy atom. The third-order valence-electron chi connectivity index (χ3n) is 3.53. The average molecular weight is 293 g/mol. The van der Waals surface area contributed by atoms with Gasteiger partial charge in [0.15, 0.2) is 15.7 Å². The maximum Gasteiger partial charge on any atom is 0.258 e. The smallest absolute Gasteiger partial charge is 0.258 e. The van der Waals surface area contributed by atoms with E-state index in [0.717, 1.165) is 11.1 Å². The number of anilines is 1. The van der Waals surface area contributed by atoms with Crippen LogP contribution in [-0.4, -0.2) is 30.1 Å². The summed E-state index contributed by atoms with van der Waals surface area (Å²) in [5.74, 6) is 0.969. The molecule has 0 aliphatic carbocycles. The van der Waals surface area contributed by atoms with Gasteiger partial charge in [0, 0.05) is 17.2 Å². The average Bonchev–Trinajstić information content (AvgIpc) is 2.98. The lowest BCUT2D eigenvalue weighted by molar-refractivity contribution is 0.417. The van der Waals surface area contributed by atoms with Crippen molar-refractivity contribution in [2.75, 3.05) is 17.2 Å². The zero-order chi connectivity index (χ0) is 14.3. The largest absolute Gasteiger partial charge is 0.399 e. The molecule has 1 aromatic heterocycles. The summed E-state index contributed by atoms with van der Waals surface area (Å²) in [7, 11) is -2.96. The van der Waals surface area contributed by atoms with Crippen molar-refractivity contribution < 1.29 is 12.9 Å². The maximum atomic E-state index is 11.5. The highest BCUT2D eigenvalue weighted by atomic mass is 32.2. The SMILES string of the molecule is Cc1ccc(N)cc1-c1nc(C2CCS(=O)(=O)C2)no1. The Kier molecular flexibility index (Phi) is 3.01. The Morgan fingerprint density at radius 3 is 2.90 bits per heavy atom. The predicted octanol–water partition coefficient (Wildman–Crippen LogP) is 1.53. The molecule has 0 radical (unpaired) electrons. The van der Waals surface area contributed by atoms with Crippen molar-refractivity contribution in [1.82, 2.24) is 10.1 Å². The van der Waals surface area contributed by atoms with Gasteiger partial charge >= 0.3 is 0 Å². The molecule has 7 heteroatoms. The molecule has 1 aliphatic rings. The first-order chi connectivity index (χ1) is 9.44. The van der Waals surface area contributed by atoms with E-state index in [1.54, 1.807) is 12.1 Å². The Hall–Kier alpha value is -1.89. The number of hydrogen-bond acceptors (Lipinski definition) is 6. The maximum absolute atomic E-state index is 11.5. The topological polar surface area (TPSA) is 99.1 Å². The fourth-order valence-corrected chi connectivity index (χ4v) is 4.12. The summed E-state index contributed by atoms with van der Waals surface area (Å²) < 4.78 is 28.2. The van der Waals surface area contributed by atoms with Crippen molar-refractivity contribution >= 4 is 15.5 Å². The molecule has 0 amide bonds. The molecule has 106 valence electrons. The molecule has 1 saturated heterocycles. The van der Waals surface area contributed by atoms with Gasteiger partial charge < -0.3 is 10.3 Å². The molecule has 3 rings (SSSR count). The number of aromatic nitrogens is 2. The highest BCUT2D eigenvalue weighted by molar-refractivity contribution is 7.91. The van der Waals surface area contributed by atoms with Crippen molar-refractivity contribution in [2.45, 2.75) is 19.3 Å². The summed E-state index contributed by atoms with van der Waals surface area (Å²) in [5, 5.41) is 3.92. The first kappa shape index (κ1) is 13.1. The van der Waals surface area contributed by atoms with Gasteiger partial charge in [-0.05, 0) is 31.0 Å². The molecular formula is C13H15N3O3S. The van der Waals surface area contributed by atoms with E-state index in [1.165, 1.54) is 0 Å². The molecule has 1 atom stereocenters. The summed E-state index contributed by atoms with van der Waals surface area (Å²) in [6.45, 7) is 1.93. The number of aryl methyl sites for hydroxylation is 1. The van der Waals surface area contributed by atoms with E-state index in [-0.39, 0.29) is 17.4 Å². The van der Waals surface area contributed by atoms with Crippen molar-refractivity contribution in [2.24, 2.45) is 0 Å². The van der Waals surface area contributed by atoms with Gasteiger partial charge in [0.1, 0.15) is 0 Å². The van der Waals surface area contributed by atoms with Crippen LogP contribution in [0.4, 0.5) is 5.69 Å². The molecule has 2 N–H and O–H groups in total. The normalized spacial score (nSPS) is 21.1. The fraction of sp³-hybridized carbons (Fsp3) is 0.385. The van der Waals surface area contributed by atoms with Gasteiger partial charge in [0.05, 0.1) is 11.5 Å². The Bertz CT molecular complexity index is 752. The summed E-state index contributed by atoms with van der Waals surface area (Å²) in [4.78, 5) is 4.33. The second-order valence-corrected chi connectivity index (χ2v) is 7.36. The van der Waals surface area contributed by atoms with Gasteiger partial charge in [-0.1, -0.05) is 11.2 Å². The van der Waals surface area contributed by atoms with E-state index in [9.17, 15) is 8.42 Å². The Balaban J connectivity index is 1.93. The quantitative estimate of drug-likeness (QED) is 0.843. The molecule has 20 heavy (non-hydrogen) atoms. The Labute approximate surface area is 116 Å². The minimum absolute atomic E-state index is 0.0991. The molecule has 1 aromatic carbocycles. The van der Waals surface area contributed by atoms with E-state index < -0.39 is 9.84 Å². The van der Waals surface area contributed by atoms with E-state index in [1.807, 2.05) is 13.0 Å². The zero-order valence-electron chi connectivity index (χ0n) is 11.0. The second-order valence-electron chi connectivity index (χ2n) is 5.13. The van der Waals surface area contributed by atoms with E-state index in [4.69, 9.17) is 10.3 Å². The van der Waals surface area contributed by atoms with Crippen LogP contribution in [0.5, 0.6) is 0 Å². The molecular weight excluding hydrogens is 278 g/mol.